The van der Waals surface area contributed by atoms with Crippen molar-refractivity contribution >= 4 is 41.1 Å². The highest BCUT2D eigenvalue weighted by molar-refractivity contribution is 6.41. The maximum absolute atomic E-state index is 11.4. The van der Waals surface area contributed by atoms with Crippen molar-refractivity contribution in [3.8, 4) is 11.5 Å². The molecule has 0 saturated heterocycles. The number of hydrogen-bond acceptors (Lipinski definition) is 5. The van der Waals surface area contributed by atoms with Crippen LogP contribution in [0.4, 0.5) is 5.69 Å². The lowest BCUT2D eigenvalue weighted by atomic mass is 10.3. The van der Waals surface area contributed by atoms with Crippen LogP contribution in [0.3, 0.4) is 0 Å². The molecule has 0 saturated carbocycles. The number of allylic oxidation sites excluding steroid dienone is 1. The van der Waals surface area contributed by atoms with Crippen molar-refractivity contribution in [2.75, 3.05) is 12.5 Å². The number of anilines is 1. The minimum absolute atomic E-state index is 0.176. The molecule has 0 aliphatic rings. The van der Waals surface area contributed by atoms with Gasteiger partial charge >= 0.3 is 5.97 Å². The highest BCUT2D eigenvalue weighted by Gasteiger charge is 2.15. The number of hydrazone groups is 1. The SMILES string of the molecule is COc1ccc(O/C(C(=O)O)=C(Cl)\C=N\Nc2ccc(Cl)cc2)cc1. The van der Waals surface area contributed by atoms with Gasteiger partial charge in [0, 0.05) is 5.02 Å². The monoisotopic (exact) mass is 380 g/mol. The molecule has 0 amide bonds. The normalized spacial score (nSPS) is 11.8. The van der Waals surface area contributed by atoms with Crippen molar-refractivity contribution in [1.29, 1.82) is 0 Å². The van der Waals surface area contributed by atoms with Crippen LogP contribution >= 0.6 is 23.2 Å². The topological polar surface area (TPSA) is 80.2 Å². The zero-order chi connectivity index (χ0) is 18.2. The maximum Gasteiger partial charge on any atom is 0.373 e. The molecule has 2 N–H and O–H groups in total. The van der Waals surface area contributed by atoms with E-state index in [1.54, 1.807) is 48.5 Å². The van der Waals surface area contributed by atoms with Gasteiger partial charge in [-0.25, -0.2) is 4.79 Å². The molecule has 0 radical (unpaired) electrons. The zero-order valence-electron chi connectivity index (χ0n) is 13.1. The van der Waals surface area contributed by atoms with E-state index in [-0.39, 0.29) is 5.03 Å². The molecule has 0 heterocycles. The zero-order valence-corrected chi connectivity index (χ0v) is 14.6. The van der Waals surface area contributed by atoms with Crippen LogP contribution in [0.2, 0.25) is 5.02 Å². The number of halogens is 2. The van der Waals surface area contributed by atoms with Crippen LogP contribution in [0.5, 0.6) is 11.5 Å². The molecule has 0 bridgehead atoms. The number of hydrogen-bond donors (Lipinski definition) is 2. The Hall–Kier alpha value is -2.70. The van der Waals surface area contributed by atoms with Crippen LogP contribution < -0.4 is 14.9 Å². The van der Waals surface area contributed by atoms with Crippen LogP contribution in [0.25, 0.3) is 0 Å². The molecule has 2 aromatic carbocycles. The lowest BCUT2D eigenvalue weighted by molar-refractivity contribution is -0.135. The Balaban J connectivity index is 2.10. The summed E-state index contributed by atoms with van der Waals surface area (Å²) in [7, 11) is 1.53. The van der Waals surface area contributed by atoms with E-state index in [1.807, 2.05) is 0 Å². The third-order valence-electron chi connectivity index (χ3n) is 2.91. The molecular weight excluding hydrogens is 367 g/mol. The predicted molar refractivity (Wildman–Crippen MR) is 97.7 cm³/mol. The molecule has 0 aromatic heterocycles. The van der Waals surface area contributed by atoms with Crippen molar-refractivity contribution in [3.63, 3.8) is 0 Å². The van der Waals surface area contributed by atoms with E-state index in [0.29, 0.717) is 22.2 Å². The van der Waals surface area contributed by atoms with Gasteiger partial charge in [0.15, 0.2) is 0 Å². The Bertz CT molecular complexity index is 787. The fourth-order valence-electron chi connectivity index (χ4n) is 1.70. The molecule has 0 spiro atoms. The van der Waals surface area contributed by atoms with Crippen LogP contribution in [0.15, 0.2) is 64.4 Å². The summed E-state index contributed by atoms with van der Waals surface area (Å²) in [6.07, 6.45) is 1.14. The Labute approximate surface area is 154 Å². The lowest BCUT2D eigenvalue weighted by Crippen LogP contribution is -2.10. The van der Waals surface area contributed by atoms with Crippen molar-refractivity contribution in [1.82, 2.24) is 0 Å². The number of ether oxygens (including phenoxy) is 2. The number of rotatable bonds is 7. The average molecular weight is 381 g/mol. The Morgan fingerprint density at radius 2 is 1.72 bits per heavy atom. The Morgan fingerprint density at radius 3 is 2.28 bits per heavy atom. The molecule has 0 fully saturated rings. The first-order valence-corrected chi connectivity index (χ1v) is 7.75. The van der Waals surface area contributed by atoms with Gasteiger partial charge in [-0.05, 0) is 48.5 Å². The van der Waals surface area contributed by atoms with E-state index in [2.05, 4.69) is 10.5 Å². The van der Waals surface area contributed by atoms with E-state index < -0.39 is 11.7 Å². The smallest absolute Gasteiger partial charge is 0.373 e. The van der Waals surface area contributed by atoms with Crippen LogP contribution in [-0.4, -0.2) is 24.4 Å². The summed E-state index contributed by atoms with van der Waals surface area (Å²) >= 11 is 11.8. The van der Waals surface area contributed by atoms with Gasteiger partial charge in [-0.15, -0.1) is 0 Å². The third-order valence-corrected chi connectivity index (χ3v) is 3.43. The second-order valence-electron chi connectivity index (χ2n) is 4.64. The summed E-state index contributed by atoms with van der Waals surface area (Å²) in [6.45, 7) is 0. The van der Waals surface area contributed by atoms with Gasteiger partial charge < -0.3 is 14.6 Å². The third kappa shape index (κ3) is 5.70. The van der Waals surface area contributed by atoms with Gasteiger partial charge in [-0.3, -0.25) is 5.43 Å². The summed E-state index contributed by atoms with van der Waals surface area (Å²) in [5, 5.41) is 13.6. The second kappa shape index (κ2) is 8.96. The standard InChI is InChI=1S/C17H14Cl2N2O4/c1-24-13-6-8-14(9-7-13)25-16(17(22)23)15(19)10-20-21-12-4-2-11(18)3-5-12/h2-10,21H,1H3,(H,22,23)/b16-15+,20-10+. The molecule has 25 heavy (non-hydrogen) atoms. The van der Waals surface area contributed by atoms with Gasteiger partial charge in [0.1, 0.15) is 16.5 Å². The lowest BCUT2D eigenvalue weighted by Gasteiger charge is -2.08. The quantitative estimate of drug-likeness (QED) is 0.322. The van der Waals surface area contributed by atoms with E-state index in [1.165, 1.54) is 7.11 Å². The summed E-state index contributed by atoms with van der Waals surface area (Å²) in [5.41, 5.74) is 3.37. The molecule has 0 unspecified atom stereocenters. The van der Waals surface area contributed by atoms with Crippen molar-refractivity contribution in [2.45, 2.75) is 0 Å². The van der Waals surface area contributed by atoms with Gasteiger partial charge in [-0.1, -0.05) is 23.2 Å². The summed E-state index contributed by atoms with van der Waals surface area (Å²) in [4.78, 5) is 11.4. The first-order chi connectivity index (χ1) is 12.0. The fraction of sp³-hybridized carbons (Fsp3) is 0.0588. The second-order valence-corrected chi connectivity index (χ2v) is 5.48. The summed E-state index contributed by atoms with van der Waals surface area (Å²) in [5.74, 6) is -0.851. The molecule has 130 valence electrons. The van der Waals surface area contributed by atoms with E-state index >= 15 is 0 Å². The number of nitrogens with zero attached hydrogens (tertiary/aromatic N) is 1. The van der Waals surface area contributed by atoms with E-state index in [9.17, 15) is 9.90 Å². The van der Waals surface area contributed by atoms with Crippen molar-refractivity contribution in [2.24, 2.45) is 5.10 Å². The van der Waals surface area contributed by atoms with Crippen LogP contribution in [-0.2, 0) is 4.79 Å². The first-order valence-electron chi connectivity index (χ1n) is 6.99. The number of methoxy groups -OCH3 is 1. The molecule has 0 aliphatic carbocycles. The maximum atomic E-state index is 11.4. The minimum Gasteiger partial charge on any atom is -0.497 e. The number of carbonyl (C=O) groups is 1. The number of aliphatic carboxylic acids is 1. The molecule has 6 nitrogen and oxygen atoms in total. The summed E-state index contributed by atoms with van der Waals surface area (Å²) in [6, 6.07) is 13.2. The Morgan fingerprint density at radius 1 is 1.12 bits per heavy atom. The molecule has 8 heteroatoms. The highest BCUT2D eigenvalue weighted by atomic mass is 35.5. The largest absolute Gasteiger partial charge is 0.497 e. The fourth-order valence-corrected chi connectivity index (χ4v) is 2.00. The molecular formula is C17H14Cl2N2O4. The Kier molecular flexibility index (Phi) is 6.68. The number of carboxylic acid groups (broad SMARTS) is 1. The van der Waals surface area contributed by atoms with Gasteiger partial charge in [0.2, 0.25) is 5.76 Å². The first kappa shape index (κ1) is 18.6. The van der Waals surface area contributed by atoms with E-state index in [0.717, 1.165) is 6.21 Å². The van der Waals surface area contributed by atoms with Gasteiger partial charge in [0.25, 0.3) is 0 Å². The number of nitrogens with one attached hydrogen (secondary N) is 1. The van der Waals surface area contributed by atoms with Crippen LogP contribution in [0.1, 0.15) is 0 Å². The highest BCUT2D eigenvalue weighted by Crippen LogP contribution is 2.21. The average Bonchev–Trinajstić information content (AvgIpc) is 2.61. The minimum atomic E-state index is -1.32. The van der Waals surface area contributed by atoms with Crippen molar-refractivity contribution < 1.29 is 19.4 Å². The molecule has 2 aromatic rings. The predicted octanol–water partition coefficient (Wildman–Crippen LogP) is 4.36. The van der Waals surface area contributed by atoms with Crippen molar-refractivity contribution in [3.05, 3.63) is 64.3 Å². The number of carboxylic acids is 1. The number of benzene rings is 2. The molecule has 2 rings (SSSR count). The molecule has 0 aliphatic heterocycles. The molecule has 0 atom stereocenters. The summed E-state index contributed by atoms with van der Waals surface area (Å²) < 4.78 is 10.3. The van der Waals surface area contributed by atoms with Gasteiger partial charge in [0.05, 0.1) is 19.0 Å². The van der Waals surface area contributed by atoms with E-state index in [4.69, 9.17) is 32.7 Å². The van der Waals surface area contributed by atoms with Crippen LogP contribution in [0, 0.1) is 0 Å². The van der Waals surface area contributed by atoms with Gasteiger partial charge in [-0.2, -0.15) is 5.10 Å².